The van der Waals surface area contributed by atoms with E-state index >= 15 is 4.39 Å². The minimum Gasteiger partial charge on any atom is -0.368 e. The van der Waals surface area contributed by atoms with E-state index in [2.05, 4.69) is 9.88 Å². The largest absolute Gasteiger partial charge is 0.368 e. The van der Waals surface area contributed by atoms with Crippen LogP contribution in [0.25, 0.3) is 28.2 Å². The molecule has 2 aliphatic heterocycles. The number of piperidine rings is 1. The van der Waals surface area contributed by atoms with Gasteiger partial charge < -0.3 is 15.5 Å². The molecule has 0 bridgehead atoms. The number of hydrogen-bond donors (Lipinski definition) is 1. The normalized spacial score (nSPS) is 19.0. The molecule has 6 rings (SSSR count). The lowest BCUT2D eigenvalue weighted by molar-refractivity contribution is 0.0257. The van der Waals surface area contributed by atoms with Crippen molar-refractivity contribution in [1.29, 1.82) is 5.26 Å². The van der Waals surface area contributed by atoms with Crippen LogP contribution in [0.4, 0.5) is 28.9 Å². The maximum absolute atomic E-state index is 15.8. The van der Waals surface area contributed by atoms with Crippen LogP contribution in [0.5, 0.6) is 0 Å². The van der Waals surface area contributed by atoms with Gasteiger partial charge in [0.15, 0.2) is 5.65 Å². The van der Waals surface area contributed by atoms with Gasteiger partial charge in [0.05, 0.1) is 23.5 Å². The number of benzene rings is 2. The molecule has 0 saturated carbocycles. The zero-order valence-corrected chi connectivity index (χ0v) is 20.9. The van der Waals surface area contributed by atoms with Crippen LogP contribution in [-0.2, 0) is 0 Å². The van der Waals surface area contributed by atoms with Gasteiger partial charge in [-0.25, -0.2) is 27.5 Å². The first kappa shape index (κ1) is 25.1. The highest BCUT2D eigenvalue weighted by Gasteiger charge is 2.38. The molecule has 2 saturated heterocycles. The smallest absolute Gasteiger partial charge is 0.266 e. The van der Waals surface area contributed by atoms with E-state index in [1.807, 2.05) is 6.07 Å². The molecule has 2 aromatic carbocycles. The van der Waals surface area contributed by atoms with Crippen molar-refractivity contribution in [1.82, 2.24) is 14.5 Å². The lowest BCUT2D eigenvalue weighted by Crippen LogP contribution is -2.42. The summed E-state index contributed by atoms with van der Waals surface area (Å²) in [5, 5.41) is 9.18. The second-order valence-corrected chi connectivity index (χ2v) is 10.1. The summed E-state index contributed by atoms with van der Waals surface area (Å²) in [5.41, 5.74) is 8.48. The maximum Gasteiger partial charge on any atom is 0.266 e. The van der Waals surface area contributed by atoms with Crippen molar-refractivity contribution < 1.29 is 17.6 Å². The van der Waals surface area contributed by atoms with E-state index < -0.39 is 24.1 Å². The number of aromatic nitrogens is 3. The summed E-state index contributed by atoms with van der Waals surface area (Å²) in [5.74, 6) is -3.98. The SMILES string of the molecule is N#Cc1ccc(-c2nc3c(N4CCCC(N)C4)ccnc3n2-c2ccc(N3CCC(F)(F)C3)cc2F)cc1F. The van der Waals surface area contributed by atoms with Crippen molar-refractivity contribution in [3.8, 4) is 23.1 Å². The van der Waals surface area contributed by atoms with Gasteiger partial charge in [-0.1, -0.05) is 0 Å². The molecule has 0 spiro atoms. The van der Waals surface area contributed by atoms with E-state index in [0.717, 1.165) is 25.1 Å². The van der Waals surface area contributed by atoms with E-state index in [1.54, 1.807) is 24.4 Å². The molecule has 0 aliphatic carbocycles. The summed E-state index contributed by atoms with van der Waals surface area (Å²) >= 11 is 0. The third-order valence-electron chi connectivity index (χ3n) is 7.38. The quantitative estimate of drug-likeness (QED) is 0.370. The average Bonchev–Trinajstić information content (AvgIpc) is 3.48. The number of nitriles is 1. The number of hydrogen-bond acceptors (Lipinski definition) is 6. The maximum atomic E-state index is 15.8. The predicted molar refractivity (Wildman–Crippen MR) is 140 cm³/mol. The molecule has 4 heterocycles. The molecular weight excluding hydrogens is 510 g/mol. The number of nitrogens with zero attached hydrogens (tertiary/aromatic N) is 6. The Balaban J connectivity index is 1.52. The number of fused-ring (bicyclic) bond motifs is 1. The average molecular weight is 536 g/mol. The second kappa shape index (κ2) is 9.54. The van der Waals surface area contributed by atoms with Gasteiger partial charge in [0.2, 0.25) is 0 Å². The van der Waals surface area contributed by atoms with Crippen molar-refractivity contribution in [2.24, 2.45) is 5.73 Å². The minimum absolute atomic E-state index is 0.000836. The van der Waals surface area contributed by atoms with Crippen LogP contribution in [0, 0.1) is 23.0 Å². The molecular formula is C28H25F4N7. The number of alkyl halides is 2. The molecule has 2 aromatic heterocycles. The molecule has 7 nitrogen and oxygen atoms in total. The molecule has 2 fully saturated rings. The summed E-state index contributed by atoms with van der Waals surface area (Å²) in [6, 6.07) is 12.0. The van der Waals surface area contributed by atoms with Gasteiger partial charge in [0.1, 0.15) is 29.0 Å². The fourth-order valence-corrected chi connectivity index (χ4v) is 5.44. The van der Waals surface area contributed by atoms with Crippen LogP contribution in [0.1, 0.15) is 24.8 Å². The fourth-order valence-electron chi connectivity index (χ4n) is 5.44. The Hall–Kier alpha value is -4.17. The topological polar surface area (TPSA) is 87.0 Å². The molecule has 0 radical (unpaired) electrons. The van der Waals surface area contributed by atoms with Gasteiger partial charge >= 0.3 is 0 Å². The van der Waals surface area contributed by atoms with E-state index in [9.17, 15) is 18.4 Å². The summed E-state index contributed by atoms with van der Waals surface area (Å²) in [7, 11) is 0. The number of rotatable bonds is 4. The van der Waals surface area contributed by atoms with Gasteiger partial charge in [0, 0.05) is 49.5 Å². The zero-order chi connectivity index (χ0) is 27.3. The number of anilines is 2. The summed E-state index contributed by atoms with van der Waals surface area (Å²) in [6.45, 7) is 1.04. The van der Waals surface area contributed by atoms with E-state index in [4.69, 9.17) is 10.7 Å². The van der Waals surface area contributed by atoms with Crippen molar-refractivity contribution in [3.05, 3.63) is 65.9 Å². The minimum atomic E-state index is -2.82. The van der Waals surface area contributed by atoms with Crippen molar-refractivity contribution in [2.75, 3.05) is 36.0 Å². The van der Waals surface area contributed by atoms with Gasteiger partial charge in [0.25, 0.3) is 5.92 Å². The molecule has 2 N–H and O–H groups in total. The fraction of sp³-hybridized carbons (Fsp3) is 0.321. The number of halogens is 4. The molecule has 39 heavy (non-hydrogen) atoms. The molecule has 200 valence electrons. The Kier molecular flexibility index (Phi) is 6.14. The molecule has 1 unspecified atom stereocenters. The van der Waals surface area contributed by atoms with Crippen LogP contribution in [-0.4, -0.2) is 52.7 Å². The number of imidazole rings is 1. The van der Waals surface area contributed by atoms with Crippen LogP contribution in [0.2, 0.25) is 0 Å². The lowest BCUT2D eigenvalue weighted by Gasteiger charge is -2.32. The lowest BCUT2D eigenvalue weighted by atomic mass is 10.1. The Labute approximate surface area is 222 Å². The first-order valence-corrected chi connectivity index (χ1v) is 12.7. The molecule has 2 aliphatic rings. The van der Waals surface area contributed by atoms with Gasteiger partial charge in [-0.05, 0) is 55.3 Å². The Morgan fingerprint density at radius 2 is 1.85 bits per heavy atom. The standard InChI is InChI=1S/C28H25F4N7/c29-21-12-17(3-4-18(21)14-33)26-36-25-24(37-10-1-2-19(34)15-37)7-9-35-27(25)39(26)23-6-5-20(13-22(23)30)38-11-8-28(31,32)16-38/h3-7,9,12-13,19H,1-2,8,10-11,15-16,34H2. The van der Waals surface area contributed by atoms with Crippen LogP contribution in [0.15, 0.2) is 48.7 Å². The summed E-state index contributed by atoms with van der Waals surface area (Å²) < 4.78 is 59.5. The molecule has 1 atom stereocenters. The first-order chi connectivity index (χ1) is 18.7. The second-order valence-electron chi connectivity index (χ2n) is 10.1. The van der Waals surface area contributed by atoms with Crippen molar-refractivity contribution in [2.45, 2.75) is 31.2 Å². The summed E-state index contributed by atoms with van der Waals surface area (Å²) in [4.78, 5) is 12.9. The van der Waals surface area contributed by atoms with Crippen LogP contribution in [0.3, 0.4) is 0 Å². The molecule has 11 heteroatoms. The highest BCUT2D eigenvalue weighted by atomic mass is 19.3. The highest BCUT2D eigenvalue weighted by molar-refractivity contribution is 5.90. The van der Waals surface area contributed by atoms with Gasteiger partial charge in [-0.2, -0.15) is 5.26 Å². The monoisotopic (exact) mass is 535 g/mol. The Bertz CT molecular complexity index is 1610. The van der Waals surface area contributed by atoms with Crippen molar-refractivity contribution in [3.63, 3.8) is 0 Å². The Morgan fingerprint density at radius 3 is 2.54 bits per heavy atom. The van der Waals surface area contributed by atoms with Crippen molar-refractivity contribution >= 4 is 22.5 Å². The summed E-state index contributed by atoms with van der Waals surface area (Å²) in [6.07, 6.45) is 3.14. The predicted octanol–water partition coefficient (Wildman–Crippen LogP) is 5.01. The number of pyridine rings is 1. The molecule has 4 aromatic rings. The zero-order valence-electron chi connectivity index (χ0n) is 20.9. The third kappa shape index (κ3) is 4.55. The van der Waals surface area contributed by atoms with E-state index in [-0.39, 0.29) is 36.1 Å². The Morgan fingerprint density at radius 1 is 1.00 bits per heavy atom. The molecule has 0 amide bonds. The first-order valence-electron chi connectivity index (χ1n) is 12.7. The third-order valence-corrected chi connectivity index (χ3v) is 7.38. The van der Waals surface area contributed by atoms with Crippen LogP contribution < -0.4 is 15.5 Å². The van der Waals surface area contributed by atoms with Crippen LogP contribution >= 0.6 is 0 Å². The van der Waals surface area contributed by atoms with E-state index in [0.29, 0.717) is 29.0 Å². The van der Waals surface area contributed by atoms with E-state index in [1.165, 1.54) is 33.7 Å². The number of nitrogens with two attached hydrogens (primary N) is 1. The van der Waals surface area contributed by atoms with Gasteiger partial charge in [-0.15, -0.1) is 0 Å². The highest BCUT2D eigenvalue weighted by Crippen LogP contribution is 2.36. The van der Waals surface area contributed by atoms with Gasteiger partial charge in [-0.3, -0.25) is 4.57 Å².